The molecule has 0 saturated carbocycles. The third-order valence-electron chi connectivity index (χ3n) is 4.12. The van der Waals surface area contributed by atoms with Gasteiger partial charge in [0.15, 0.2) is 0 Å². The summed E-state index contributed by atoms with van der Waals surface area (Å²) in [5.74, 6) is 2.05. The van der Waals surface area contributed by atoms with Crippen molar-refractivity contribution in [2.45, 2.75) is 13.8 Å². The number of nitrogens with zero attached hydrogens (tertiary/aromatic N) is 3. The lowest BCUT2D eigenvalue weighted by Gasteiger charge is -2.11. The van der Waals surface area contributed by atoms with Crippen LogP contribution in [0, 0.1) is 13.8 Å². The van der Waals surface area contributed by atoms with E-state index in [0.717, 1.165) is 28.2 Å². The summed E-state index contributed by atoms with van der Waals surface area (Å²) in [6, 6.07) is 16.0. The topological polar surface area (TPSA) is 78.5 Å². The van der Waals surface area contributed by atoms with Crippen LogP contribution in [0.4, 0.5) is 23.3 Å². The van der Waals surface area contributed by atoms with E-state index in [-0.39, 0.29) is 0 Å². The molecule has 0 aliphatic rings. The second-order valence-electron chi connectivity index (χ2n) is 5.93. The van der Waals surface area contributed by atoms with Gasteiger partial charge in [0.1, 0.15) is 11.6 Å². The maximum atomic E-state index is 4.64. The van der Waals surface area contributed by atoms with E-state index >= 15 is 0 Å². The first-order valence-electron chi connectivity index (χ1n) is 8.06. The number of H-pyrrole nitrogens is 1. The van der Waals surface area contributed by atoms with Crippen molar-refractivity contribution in [3.8, 4) is 0 Å². The van der Waals surface area contributed by atoms with Crippen LogP contribution in [0.2, 0.25) is 0 Å². The van der Waals surface area contributed by atoms with Gasteiger partial charge in [-0.05, 0) is 49.2 Å². The van der Waals surface area contributed by atoms with Crippen LogP contribution in [0.1, 0.15) is 11.1 Å². The summed E-state index contributed by atoms with van der Waals surface area (Å²) in [6.45, 7) is 4.19. The van der Waals surface area contributed by atoms with Gasteiger partial charge in [-0.2, -0.15) is 10.1 Å². The van der Waals surface area contributed by atoms with E-state index in [2.05, 4.69) is 56.8 Å². The van der Waals surface area contributed by atoms with E-state index in [1.54, 1.807) is 6.20 Å². The smallest absolute Gasteiger partial charge is 0.229 e. The van der Waals surface area contributed by atoms with Crippen molar-refractivity contribution >= 4 is 34.2 Å². The molecular weight excluding hydrogens is 312 g/mol. The van der Waals surface area contributed by atoms with Crippen molar-refractivity contribution in [3.63, 3.8) is 0 Å². The molecule has 0 bridgehead atoms. The van der Waals surface area contributed by atoms with Crippen LogP contribution in [0.25, 0.3) is 10.9 Å². The Bertz CT molecular complexity index is 1020. The highest BCUT2D eigenvalue weighted by atomic mass is 15.2. The number of fused-ring (bicyclic) bond motifs is 1. The number of hydrogen-bond acceptors (Lipinski definition) is 5. The maximum Gasteiger partial charge on any atom is 0.229 e. The average molecular weight is 330 g/mol. The molecule has 0 atom stereocenters. The van der Waals surface area contributed by atoms with Gasteiger partial charge in [-0.3, -0.25) is 5.10 Å². The van der Waals surface area contributed by atoms with Gasteiger partial charge in [0.2, 0.25) is 5.95 Å². The number of rotatable bonds is 4. The molecule has 0 fully saturated rings. The molecule has 4 rings (SSSR count). The number of aryl methyl sites for hydroxylation is 2. The molecule has 4 aromatic rings. The van der Waals surface area contributed by atoms with Crippen LogP contribution >= 0.6 is 0 Å². The van der Waals surface area contributed by atoms with Gasteiger partial charge < -0.3 is 10.6 Å². The number of aromatic amines is 1. The van der Waals surface area contributed by atoms with Gasteiger partial charge in [-0.1, -0.05) is 18.2 Å². The minimum Gasteiger partial charge on any atom is -0.325 e. The molecule has 0 amide bonds. The fraction of sp³-hybridized carbons (Fsp3) is 0.105. The zero-order valence-corrected chi connectivity index (χ0v) is 14.0. The van der Waals surface area contributed by atoms with Gasteiger partial charge in [-0.15, -0.1) is 0 Å². The van der Waals surface area contributed by atoms with Crippen LogP contribution in [-0.4, -0.2) is 20.2 Å². The summed E-state index contributed by atoms with van der Waals surface area (Å²) in [5.41, 5.74) is 4.31. The van der Waals surface area contributed by atoms with Crippen LogP contribution in [-0.2, 0) is 0 Å². The normalized spacial score (nSPS) is 10.8. The van der Waals surface area contributed by atoms with Crippen molar-refractivity contribution in [1.29, 1.82) is 0 Å². The van der Waals surface area contributed by atoms with Gasteiger partial charge in [-0.25, -0.2) is 4.98 Å². The number of aromatic nitrogens is 4. The zero-order chi connectivity index (χ0) is 17.2. The van der Waals surface area contributed by atoms with E-state index in [0.29, 0.717) is 5.95 Å². The Morgan fingerprint density at radius 3 is 2.56 bits per heavy atom. The molecule has 2 aromatic heterocycles. The van der Waals surface area contributed by atoms with Gasteiger partial charge in [0.25, 0.3) is 0 Å². The highest BCUT2D eigenvalue weighted by molar-refractivity contribution is 5.91. The van der Waals surface area contributed by atoms with Crippen molar-refractivity contribution < 1.29 is 0 Å². The lowest BCUT2D eigenvalue weighted by molar-refractivity contribution is 1.09. The van der Waals surface area contributed by atoms with Crippen LogP contribution < -0.4 is 10.6 Å². The Labute approximate surface area is 145 Å². The summed E-state index contributed by atoms with van der Waals surface area (Å²) in [7, 11) is 0. The second kappa shape index (κ2) is 6.24. The first-order chi connectivity index (χ1) is 12.2. The number of para-hydroxylation sites is 1. The number of nitrogens with one attached hydrogen (secondary N) is 3. The summed E-state index contributed by atoms with van der Waals surface area (Å²) in [6.07, 6.45) is 1.69. The summed E-state index contributed by atoms with van der Waals surface area (Å²) < 4.78 is 0. The second-order valence-corrected chi connectivity index (χ2v) is 5.93. The predicted molar refractivity (Wildman–Crippen MR) is 101 cm³/mol. The molecule has 6 heteroatoms. The summed E-state index contributed by atoms with van der Waals surface area (Å²) in [4.78, 5) is 9.27. The SMILES string of the molecule is Cc1ccc(Nc2nc(Nc3ccn[nH]3)c3ccccc3n2)cc1C. The highest BCUT2D eigenvalue weighted by Gasteiger charge is 2.09. The third kappa shape index (κ3) is 3.14. The third-order valence-corrected chi connectivity index (χ3v) is 4.12. The van der Waals surface area contributed by atoms with Crippen molar-refractivity contribution in [2.24, 2.45) is 0 Å². The average Bonchev–Trinajstić information content (AvgIpc) is 3.11. The van der Waals surface area contributed by atoms with E-state index in [1.165, 1.54) is 11.1 Å². The molecule has 6 nitrogen and oxygen atoms in total. The quantitative estimate of drug-likeness (QED) is 0.515. The molecule has 0 aliphatic heterocycles. The zero-order valence-electron chi connectivity index (χ0n) is 14.0. The highest BCUT2D eigenvalue weighted by Crippen LogP contribution is 2.26. The minimum atomic E-state index is 0.545. The molecule has 2 aromatic carbocycles. The minimum absolute atomic E-state index is 0.545. The van der Waals surface area contributed by atoms with E-state index < -0.39 is 0 Å². The van der Waals surface area contributed by atoms with Crippen LogP contribution in [0.5, 0.6) is 0 Å². The van der Waals surface area contributed by atoms with Crippen LogP contribution in [0.15, 0.2) is 54.7 Å². The molecular formula is C19H18N6. The molecule has 0 aliphatic carbocycles. The Morgan fingerprint density at radius 1 is 0.880 bits per heavy atom. The van der Waals surface area contributed by atoms with E-state index in [1.807, 2.05) is 36.4 Å². The summed E-state index contributed by atoms with van der Waals surface area (Å²) in [5, 5.41) is 14.4. The van der Waals surface area contributed by atoms with Crippen molar-refractivity contribution in [3.05, 3.63) is 65.9 Å². The van der Waals surface area contributed by atoms with Gasteiger partial charge in [0.05, 0.1) is 11.7 Å². The van der Waals surface area contributed by atoms with Crippen molar-refractivity contribution in [1.82, 2.24) is 20.2 Å². The maximum absolute atomic E-state index is 4.64. The molecule has 0 radical (unpaired) electrons. The Morgan fingerprint density at radius 2 is 1.76 bits per heavy atom. The molecule has 0 saturated heterocycles. The van der Waals surface area contributed by atoms with Gasteiger partial charge in [0, 0.05) is 17.1 Å². The molecule has 124 valence electrons. The van der Waals surface area contributed by atoms with E-state index in [4.69, 9.17) is 0 Å². The Kier molecular flexibility index (Phi) is 3.78. The summed E-state index contributed by atoms with van der Waals surface area (Å²) >= 11 is 0. The fourth-order valence-electron chi connectivity index (χ4n) is 2.63. The molecule has 0 unspecified atom stereocenters. The number of benzene rings is 2. The molecule has 3 N–H and O–H groups in total. The number of hydrogen-bond donors (Lipinski definition) is 3. The monoisotopic (exact) mass is 330 g/mol. The standard InChI is InChI=1S/C19H18N6/c1-12-7-8-14(11-13(12)2)21-19-22-16-6-4-3-5-15(16)18(24-19)23-17-9-10-20-25-17/h3-11H,1-2H3,(H3,20,21,22,23,24,25). The molecule has 2 heterocycles. The molecule has 25 heavy (non-hydrogen) atoms. The van der Waals surface area contributed by atoms with E-state index in [9.17, 15) is 0 Å². The van der Waals surface area contributed by atoms with Gasteiger partial charge >= 0.3 is 0 Å². The fourth-order valence-corrected chi connectivity index (χ4v) is 2.63. The first kappa shape index (κ1) is 15.1. The molecule has 0 spiro atoms. The predicted octanol–water partition coefficient (Wildman–Crippen LogP) is 4.46. The van der Waals surface area contributed by atoms with Crippen molar-refractivity contribution in [2.75, 3.05) is 10.6 Å². The lowest BCUT2D eigenvalue weighted by Crippen LogP contribution is -2.02. The largest absolute Gasteiger partial charge is 0.325 e. The number of anilines is 4. The van der Waals surface area contributed by atoms with Crippen LogP contribution in [0.3, 0.4) is 0 Å². The Balaban J connectivity index is 1.74. The first-order valence-corrected chi connectivity index (χ1v) is 8.06. The Hall–Kier alpha value is -3.41. The lowest BCUT2D eigenvalue weighted by atomic mass is 10.1.